The molecule has 0 aromatic carbocycles. The monoisotopic (exact) mass is 380 g/mol. The number of azide groups is 2. The van der Waals surface area contributed by atoms with E-state index in [9.17, 15) is 14.4 Å². The fourth-order valence-electron chi connectivity index (χ4n) is 2.90. The van der Waals surface area contributed by atoms with Gasteiger partial charge < -0.3 is 21.7 Å². The van der Waals surface area contributed by atoms with Crippen LogP contribution in [0.1, 0.15) is 20.3 Å². The summed E-state index contributed by atoms with van der Waals surface area (Å²) in [5.74, 6) is -2.19. The molecule has 27 heavy (non-hydrogen) atoms. The van der Waals surface area contributed by atoms with Gasteiger partial charge in [-0.25, -0.2) is 0 Å². The summed E-state index contributed by atoms with van der Waals surface area (Å²) >= 11 is 0. The highest BCUT2D eigenvalue weighted by Gasteiger charge is 2.39. The third kappa shape index (κ3) is 7.02. The topological polar surface area (TPSA) is 211 Å². The second-order valence-electron chi connectivity index (χ2n) is 6.58. The van der Waals surface area contributed by atoms with E-state index in [0.717, 1.165) is 0 Å². The lowest BCUT2D eigenvalue weighted by atomic mass is 9.97. The van der Waals surface area contributed by atoms with Crippen LogP contribution in [0.3, 0.4) is 0 Å². The van der Waals surface area contributed by atoms with E-state index < -0.39 is 29.8 Å². The van der Waals surface area contributed by atoms with Crippen LogP contribution in [0, 0.1) is 11.8 Å². The highest BCUT2D eigenvalue weighted by atomic mass is 16.2. The summed E-state index contributed by atoms with van der Waals surface area (Å²) in [5.41, 5.74) is 22.0. The van der Waals surface area contributed by atoms with Crippen molar-refractivity contribution in [2.75, 3.05) is 19.6 Å². The van der Waals surface area contributed by atoms with Crippen molar-refractivity contribution in [3.05, 3.63) is 20.9 Å². The van der Waals surface area contributed by atoms with Crippen molar-refractivity contribution in [1.29, 1.82) is 0 Å². The second-order valence-corrected chi connectivity index (χ2v) is 6.58. The summed E-state index contributed by atoms with van der Waals surface area (Å²) in [5, 5.41) is 15.1. The van der Waals surface area contributed by atoms with Crippen LogP contribution >= 0.6 is 0 Å². The van der Waals surface area contributed by atoms with Crippen LogP contribution in [0.5, 0.6) is 0 Å². The van der Waals surface area contributed by atoms with Gasteiger partial charge in [-0.05, 0) is 29.3 Å². The minimum absolute atomic E-state index is 0.0918. The molecule has 3 amide bonds. The Hall–Kier alpha value is -3.01. The average Bonchev–Trinajstić information content (AvgIpc) is 3.03. The Balaban J connectivity index is 2.83. The maximum atomic E-state index is 12.7. The van der Waals surface area contributed by atoms with E-state index in [4.69, 9.17) is 16.8 Å². The molecule has 0 radical (unpaired) electrons. The van der Waals surface area contributed by atoms with Crippen LogP contribution in [0.4, 0.5) is 0 Å². The van der Waals surface area contributed by atoms with Crippen LogP contribution < -0.4 is 21.7 Å². The highest BCUT2D eigenvalue weighted by Crippen LogP contribution is 2.22. The molecule has 0 spiro atoms. The van der Waals surface area contributed by atoms with Crippen molar-refractivity contribution in [2.24, 2.45) is 27.8 Å². The average molecular weight is 380 g/mol. The third-order valence-electron chi connectivity index (χ3n) is 4.18. The zero-order valence-electron chi connectivity index (χ0n) is 15.2. The van der Waals surface area contributed by atoms with Gasteiger partial charge in [-0.3, -0.25) is 14.4 Å². The van der Waals surface area contributed by atoms with E-state index in [1.165, 1.54) is 0 Å². The quantitative estimate of drug-likeness (QED) is 0.228. The Bertz CT molecular complexity index is 654. The number of amides is 3. The largest absolute Gasteiger partial charge is 0.368 e. The molecule has 0 unspecified atom stereocenters. The van der Waals surface area contributed by atoms with Crippen LogP contribution in [0.25, 0.3) is 20.9 Å². The van der Waals surface area contributed by atoms with Gasteiger partial charge in [-0.1, -0.05) is 24.1 Å². The zero-order chi connectivity index (χ0) is 20.4. The molecule has 0 aromatic heterocycles. The van der Waals surface area contributed by atoms with Gasteiger partial charge in [0.1, 0.15) is 6.04 Å². The SMILES string of the molecule is CC(C)[C@H](NC(=O)[C@@H]1N[C@@H](CN=[N+]=[N-])C[C@H]1CN=[N+]=[N-])C(=O)NCC(N)=O. The fraction of sp³-hybridized carbons (Fsp3) is 0.786. The summed E-state index contributed by atoms with van der Waals surface area (Å²) < 4.78 is 0. The van der Waals surface area contributed by atoms with Crippen LogP contribution in [0.15, 0.2) is 10.2 Å². The van der Waals surface area contributed by atoms with Crippen LogP contribution in [0.2, 0.25) is 0 Å². The van der Waals surface area contributed by atoms with Crippen molar-refractivity contribution >= 4 is 17.7 Å². The molecule has 0 aliphatic carbocycles. The van der Waals surface area contributed by atoms with E-state index in [1.54, 1.807) is 13.8 Å². The molecule has 0 aromatic rings. The van der Waals surface area contributed by atoms with Gasteiger partial charge in [0.2, 0.25) is 17.7 Å². The molecule has 1 heterocycles. The fourth-order valence-corrected chi connectivity index (χ4v) is 2.90. The number of nitrogens with one attached hydrogen (secondary N) is 3. The van der Waals surface area contributed by atoms with Crippen LogP contribution in [-0.4, -0.2) is 55.5 Å². The molecule has 1 aliphatic heterocycles. The molecule has 0 bridgehead atoms. The number of carbonyl (C=O) groups excluding carboxylic acids is 3. The Morgan fingerprint density at radius 2 is 1.85 bits per heavy atom. The predicted molar refractivity (Wildman–Crippen MR) is 95.8 cm³/mol. The second kappa shape index (κ2) is 10.9. The number of hydrogen-bond acceptors (Lipinski definition) is 6. The number of nitrogens with two attached hydrogens (primary N) is 1. The van der Waals surface area contributed by atoms with Gasteiger partial charge in [0, 0.05) is 29.0 Å². The molecular formula is C14H24N10O3. The molecule has 5 N–H and O–H groups in total. The number of rotatable bonds is 10. The van der Waals surface area contributed by atoms with Gasteiger partial charge in [0.25, 0.3) is 0 Å². The minimum Gasteiger partial charge on any atom is -0.368 e. The molecule has 1 rings (SSSR count). The standard InChI is InChI=1S/C14H24N10O3/c1-7(2)11(13(26)18-6-10(15)25)22-14(27)12-8(4-19-23-16)3-9(21-12)5-20-24-17/h7-9,11-12,21H,3-6H2,1-2H3,(H2,15,25)(H,18,26)(H,22,27)/t8-,9+,11-,12+/m0/s1. The third-order valence-corrected chi connectivity index (χ3v) is 4.18. The van der Waals surface area contributed by atoms with E-state index in [1.807, 2.05) is 0 Å². The molecule has 1 aliphatic rings. The van der Waals surface area contributed by atoms with E-state index in [2.05, 4.69) is 36.0 Å². The Morgan fingerprint density at radius 1 is 1.22 bits per heavy atom. The molecule has 13 heteroatoms. The van der Waals surface area contributed by atoms with Gasteiger partial charge in [0.15, 0.2) is 0 Å². The number of carbonyl (C=O) groups is 3. The normalized spacial score (nSPS) is 22.3. The maximum Gasteiger partial charge on any atom is 0.243 e. The summed E-state index contributed by atoms with van der Waals surface area (Å²) in [4.78, 5) is 41.2. The van der Waals surface area contributed by atoms with Gasteiger partial charge in [-0.2, -0.15) is 0 Å². The lowest BCUT2D eigenvalue weighted by Crippen LogP contribution is -2.56. The van der Waals surface area contributed by atoms with Gasteiger partial charge in [-0.15, -0.1) is 0 Å². The molecule has 13 nitrogen and oxygen atoms in total. The van der Waals surface area contributed by atoms with Crippen molar-refractivity contribution in [3.63, 3.8) is 0 Å². The molecule has 1 fully saturated rings. The molecular weight excluding hydrogens is 356 g/mol. The first kappa shape index (κ1) is 22.0. The number of primary amides is 1. The van der Waals surface area contributed by atoms with E-state index in [-0.39, 0.29) is 37.5 Å². The van der Waals surface area contributed by atoms with E-state index in [0.29, 0.717) is 6.42 Å². The van der Waals surface area contributed by atoms with Crippen molar-refractivity contribution in [3.8, 4) is 0 Å². The van der Waals surface area contributed by atoms with Crippen molar-refractivity contribution < 1.29 is 14.4 Å². The summed E-state index contributed by atoms with van der Waals surface area (Å²) in [6.45, 7) is 3.42. The van der Waals surface area contributed by atoms with Gasteiger partial charge in [0.05, 0.1) is 12.6 Å². The Kier molecular flexibility index (Phi) is 8.86. The summed E-state index contributed by atoms with van der Waals surface area (Å²) in [7, 11) is 0. The summed E-state index contributed by atoms with van der Waals surface area (Å²) in [6.07, 6.45) is 0.482. The summed E-state index contributed by atoms with van der Waals surface area (Å²) in [6, 6.07) is -1.81. The van der Waals surface area contributed by atoms with Crippen LogP contribution in [-0.2, 0) is 14.4 Å². The Labute approximate surface area is 155 Å². The number of hydrogen-bond donors (Lipinski definition) is 4. The molecule has 0 saturated carbocycles. The van der Waals surface area contributed by atoms with Crippen molar-refractivity contribution in [1.82, 2.24) is 16.0 Å². The zero-order valence-corrected chi connectivity index (χ0v) is 15.2. The molecule has 4 atom stereocenters. The van der Waals surface area contributed by atoms with Crippen molar-refractivity contribution in [2.45, 2.75) is 38.4 Å². The lowest BCUT2D eigenvalue weighted by molar-refractivity contribution is -0.132. The smallest absolute Gasteiger partial charge is 0.243 e. The minimum atomic E-state index is -0.866. The highest BCUT2D eigenvalue weighted by molar-refractivity contribution is 5.92. The first-order chi connectivity index (χ1) is 12.8. The first-order valence-corrected chi connectivity index (χ1v) is 8.44. The Morgan fingerprint density at radius 3 is 2.41 bits per heavy atom. The van der Waals surface area contributed by atoms with Gasteiger partial charge >= 0.3 is 0 Å². The molecule has 1 saturated heterocycles. The maximum absolute atomic E-state index is 12.7. The predicted octanol–water partition coefficient (Wildman–Crippen LogP) is -0.304. The molecule has 148 valence electrons. The lowest BCUT2D eigenvalue weighted by Gasteiger charge is -2.25. The number of nitrogens with zero attached hydrogens (tertiary/aromatic N) is 6. The first-order valence-electron chi connectivity index (χ1n) is 8.44. The van der Waals surface area contributed by atoms with E-state index >= 15 is 0 Å².